The van der Waals surface area contributed by atoms with Gasteiger partial charge in [-0.15, -0.1) is 24.0 Å². The van der Waals surface area contributed by atoms with Gasteiger partial charge in [-0.3, -0.25) is 9.79 Å². The minimum atomic E-state index is -0.260. The topological polar surface area (TPSA) is 51.2 Å². The number of amides is 1. The number of nitrogens with one attached hydrogen (secondary N) is 1. The van der Waals surface area contributed by atoms with Gasteiger partial charge in [-0.2, -0.15) is 0 Å². The van der Waals surface area contributed by atoms with Crippen molar-refractivity contribution in [2.24, 2.45) is 4.99 Å². The summed E-state index contributed by atoms with van der Waals surface area (Å²) in [4.78, 5) is 22.9. The molecule has 1 saturated heterocycles. The van der Waals surface area contributed by atoms with E-state index in [1.165, 1.54) is 17.8 Å². The molecule has 0 bridgehead atoms. The molecule has 1 N–H and O–H groups in total. The fourth-order valence-corrected chi connectivity index (χ4v) is 3.49. The van der Waals surface area contributed by atoms with Crippen molar-refractivity contribution in [2.75, 3.05) is 51.7 Å². The number of carbonyl (C=O) groups is 1. The highest BCUT2D eigenvalue weighted by atomic mass is 127. The Bertz CT molecular complexity index is 840. The van der Waals surface area contributed by atoms with Gasteiger partial charge in [0.2, 0.25) is 5.91 Å². The summed E-state index contributed by atoms with van der Waals surface area (Å²) in [6.45, 7) is 3.74. The van der Waals surface area contributed by atoms with Gasteiger partial charge in [0.05, 0.1) is 6.54 Å². The maximum Gasteiger partial charge on any atom is 0.242 e. The van der Waals surface area contributed by atoms with Gasteiger partial charge in [0.15, 0.2) is 5.96 Å². The molecule has 3 rings (SSSR count). The lowest BCUT2D eigenvalue weighted by molar-refractivity contribution is -0.130. The van der Waals surface area contributed by atoms with Crippen LogP contribution in [0.5, 0.6) is 0 Å². The van der Waals surface area contributed by atoms with Crippen molar-refractivity contribution in [1.82, 2.24) is 15.1 Å². The first-order valence-corrected chi connectivity index (χ1v) is 9.81. The normalized spacial score (nSPS) is 14.2. The molecule has 0 aromatic heterocycles. The summed E-state index contributed by atoms with van der Waals surface area (Å²) in [5.74, 6) is 0.396. The smallest absolute Gasteiger partial charge is 0.242 e. The van der Waals surface area contributed by atoms with Crippen molar-refractivity contribution in [3.63, 3.8) is 0 Å². The monoisotopic (exact) mass is 525 g/mol. The van der Waals surface area contributed by atoms with Crippen molar-refractivity contribution in [1.29, 1.82) is 0 Å². The number of nitrogens with zero attached hydrogens (tertiary/aromatic N) is 4. The second-order valence-electron chi connectivity index (χ2n) is 7.09. The Hall–Kier alpha value is -2.36. The average molecular weight is 525 g/mol. The van der Waals surface area contributed by atoms with Crippen LogP contribution in [0.4, 0.5) is 10.1 Å². The van der Waals surface area contributed by atoms with Crippen LogP contribution in [0.1, 0.15) is 5.56 Å². The number of aliphatic imine (C=N–C) groups is 1. The van der Waals surface area contributed by atoms with Gasteiger partial charge in [0.25, 0.3) is 0 Å². The molecule has 8 heteroatoms. The second kappa shape index (κ2) is 11.7. The third-order valence-electron chi connectivity index (χ3n) is 5.03. The van der Waals surface area contributed by atoms with Gasteiger partial charge in [-0.25, -0.2) is 4.39 Å². The molecule has 0 saturated carbocycles. The third kappa shape index (κ3) is 6.58. The average Bonchev–Trinajstić information content (AvgIpc) is 2.75. The Kier molecular flexibility index (Phi) is 9.35. The largest absolute Gasteiger partial charge is 0.368 e. The van der Waals surface area contributed by atoms with Gasteiger partial charge >= 0.3 is 0 Å². The first kappa shape index (κ1) is 23.9. The second-order valence-corrected chi connectivity index (χ2v) is 7.09. The molecule has 30 heavy (non-hydrogen) atoms. The number of halogens is 2. The summed E-state index contributed by atoms with van der Waals surface area (Å²) in [7, 11) is 3.54. The Morgan fingerprint density at radius 3 is 2.43 bits per heavy atom. The maximum absolute atomic E-state index is 13.4. The van der Waals surface area contributed by atoms with Crippen LogP contribution in [-0.2, 0) is 11.3 Å². The number of piperazine rings is 1. The molecule has 2 aromatic carbocycles. The minimum Gasteiger partial charge on any atom is -0.368 e. The van der Waals surface area contributed by atoms with Crippen molar-refractivity contribution < 1.29 is 9.18 Å². The Balaban J connectivity index is 0.00000320. The van der Waals surface area contributed by atoms with E-state index in [1.807, 2.05) is 41.1 Å². The summed E-state index contributed by atoms with van der Waals surface area (Å²) in [6.07, 6.45) is 0. The fraction of sp³-hybridized carbons (Fsp3) is 0.364. The summed E-state index contributed by atoms with van der Waals surface area (Å²) >= 11 is 0. The van der Waals surface area contributed by atoms with Crippen LogP contribution in [0.2, 0.25) is 0 Å². The molecule has 162 valence electrons. The van der Waals surface area contributed by atoms with Gasteiger partial charge in [0, 0.05) is 52.5 Å². The Morgan fingerprint density at radius 1 is 1.10 bits per heavy atom. The summed E-state index contributed by atoms with van der Waals surface area (Å²) in [5, 5.41) is 3.12. The van der Waals surface area contributed by atoms with Crippen LogP contribution in [0.25, 0.3) is 0 Å². The van der Waals surface area contributed by atoms with E-state index in [2.05, 4.69) is 27.3 Å². The van der Waals surface area contributed by atoms with Crippen molar-refractivity contribution in [3.05, 3.63) is 66.0 Å². The van der Waals surface area contributed by atoms with E-state index in [9.17, 15) is 9.18 Å². The van der Waals surface area contributed by atoms with Crippen LogP contribution in [0.3, 0.4) is 0 Å². The van der Waals surface area contributed by atoms with E-state index < -0.39 is 0 Å². The number of hydrogen-bond donors (Lipinski definition) is 1. The number of guanidine groups is 1. The van der Waals surface area contributed by atoms with E-state index in [1.54, 1.807) is 13.1 Å². The van der Waals surface area contributed by atoms with Crippen molar-refractivity contribution in [2.45, 2.75) is 6.54 Å². The van der Waals surface area contributed by atoms with Gasteiger partial charge in [0.1, 0.15) is 5.82 Å². The number of anilines is 1. The van der Waals surface area contributed by atoms with Gasteiger partial charge in [-0.1, -0.05) is 30.3 Å². The molecule has 1 amide bonds. The highest BCUT2D eigenvalue weighted by Crippen LogP contribution is 2.15. The predicted molar refractivity (Wildman–Crippen MR) is 130 cm³/mol. The lowest BCUT2D eigenvalue weighted by Crippen LogP contribution is -2.52. The van der Waals surface area contributed by atoms with Crippen LogP contribution >= 0.6 is 24.0 Å². The van der Waals surface area contributed by atoms with Crippen LogP contribution in [-0.4, -0.2) is 68.5 Å². The van der Waals surface area contributed by atoms with E-state index in [4.69, 9.17) is 0 Å². The van der Waals surface area contributed by atoms with E-state index >= 15 is 0 Å². The molecule has 0 radical (unpaired) electrons. The molecule has 0 atom stereocenters. The number of hydrogen-bond acceptors (Lipinski definition) is 3. The molecule has 0 unspecified atom stereocenters. The van der Waals surface area contributed by atoms with Crippen LogP contribution < -0.4 is 10.2 Å². The lowest BCUT2D eigenvalue weighted by Gasteiger charge is -2.36. The molecule has 6 nitrogen and oxygen atoms in total. The fourth-order valence-electron chi connectivity index (χ4n) is 3.49. The van der Waals surface area contributed by atoms with E-state index in [0.717, 1.165) is 18.7 Å². The molecule has 1 aliphatic heterocycles. The minimum absolute atomic E-state index is 0. The molecule has 1 heterocycles. The Morgan fingerprint density at radius 2 is 1.80 bits per heavy atom. The first-order chi connectivity index (χ1) is 14.1. The predicted octanol–water partition coefficient (Wildman–Crippen LogP) is 2.80. The zero-order valence-corrected chi connectivity index (χ0v) is 19.8. The molecule has 0 spiro atoms. The van der Waals surface area contributed by atoms with Crippen LogP contribution in [0.15, 0.2) is 59.6 Å². The number of benzene rings is 2. The summed E-state index contributed by atoms with van der Waals surface area (Å²) < 4.78 is 13.4. The summed E-state index contributed by atoms with van der Waals surface area (Å²) in [5.41, 5.74) is 2.04. The number of rotatable bonds is 5. The molecule has 2 aromatic rings. The molecule has 0 aliphatic carbocycles. The zero-order chi connectivity index (χ0) is 20.6. The van der Waals surface area contributed by atoms with Gasteiger partial charge in [-0.05, 0) is 29.8 Å². The first-order valence-electron chi connectivity index (χ1n) is 9.81. The molecular formula is C22H29FIN5O. The Labute approximate surface area is 194 Å². The lowest BCUT2D eigenvalue weighted by atomic mass is 10.2. The molecule has 1 aliphatic rings. The van der Waals surface area contributed by atoms with Gasteiger partial charge < -0.3 is 20.0 Å². The third-order valence-corrected chi connectivity index (χ3v) is 5.03. The molecule has 1 fully saturated rings. The van der Waals surface area contributed by atoms with Crippen molar-refractivity contribution >= 4 is 41.5 Å². The number of carbonyl (C=O) groups excluding carboxylic acids is 1. The highest BCUT2D eigenvalue weighted by molar-refractivity contribution is 14.0. The number of para-hydroxylation sites is 1. The van der Waals surface area contributed by atoms with Crippen molar-refractivity contribution in [3.8, 4) is 0 Å². The SMILES string of the molecule is CN=C(NCC(=O)N1CCN(c2ccccc2)CC1)N(C)Cc1cccc(F)c1.I. The molecular weight excluding hydrogens is 496 g/mol. The standard InChI is InChI=1S/C22H28FN5O.HI/c1-24-22(26(2)17-18-7-6-8-19(23)15-18)25-16-21(29)28-13-11-27(12-14-28)20-9-4-3-5-10-20;/h3-10,15H,11-14,16-17H2,1-2H3,(H,24,25);1H. The van der Waals surface area contributed by atoms with E-state index in [0.29, 0.717) is 25.6 Å². The highest BCUT2D eigenvalue weighted by Gasteiger charge is 2.21. The maximum atomic E-state index is 13.4. The zero-order valence-electron chi connectivity index (χ0n) is 17.4. The van der Waals surface area contributed by atoms with Crippen LogP contribution in [0, 0.1) is 5.82 Å². The van der Waals surface area contributed by atoms with E-state index in [-0.39, 0.29) is 42.2 Å². The quantitative estimate of drug-likeness (QED) is 0.371. The summed E-state index contributed by atoms with van der Waals surface area (Å²) in [6, 6.07) is 16.7.